The first-order chi connectivity index (χ1) is 27.6. The van der Waals surface area contributed by atoms with Gasteiger partial charge in [0.05, 0.1) is 25.4 Å². The maximum Gasteiger partial charge on any atom is 0.230 e. The van der Waals surface area contributed by atoms with Crippen LogP contribution in [0.2, 0.25) is 0 Å². The van der Waals surface area contributed by atoms with Gasteiger partial charge in [-0.2, -0.15) is 30.1 Å². The molecule has 1 aromatic heterocycles. The number of piperidine rings is 3. The largest absolute Gasteiger partial charge is 0.341 e. The zero-order valence-electron chi connectivity index (χ0n) is 42.6. The summed E-state index contributed by atoms with van der Waals surface area (Å²) in [4.78, 5) is 43.5. The highest BCUT2D eigenvalue weighted by Gasteiger charge is 2.52. The molecular formula is C48H93N9O3. The molecule has 60 heavy (non-hydrogen) atoms. The number of anilines is 2. The van der Waals surface area contributed by atoms with Crippen molar-refractivity contribution in [1.82, 2.24) is 35.0 Å². The zero-order valence-corrected chi connectivity index (χ0v) is 42.6. The summed E-state index contributed by atoms with van der Waals surface area (Å²) in [5.41, 5.74) is -1.52. The lowest BCUT2D eigenvalue weighted by Gasteiger charge is -2.57. The molecule has 0 atom stereocenters. The van der Waals surface area contributed by atoms with Crippen molar-refractivity contribution in [1.29, 1.82) is 0 Å². The molecule has 4 heterocycles. The van der Waals surface area contributed by atoms with Gasteiger partial charge in [0, 0.05) is 65.0 Å². The summed E-state index contributed by atoms with van der Waals surface area (Å²) >= 11 is 0. The first-order valence-corrected chi connectivity index (χ1v) is 23.9. The van der Waals surface area contributed by atoms with Gasteiger partial charge in [-0.15, -0.1) is 0 Å². The minimum absolute atomic E-state index is 0.150. The summed E-state index contributed by atoms with van der Waals surface area (Å²) < 4.78 is 0. The van der Waals surface area contributed by atoms with E-state index in [1.807, 2.05) is 0 Å². The molecular weight excluding hydrogens is 751 g/mol. The Kier molecular flexibility index (Phi) is 16.3. The smallest absolute Gasteiger partial charge is 0.230 e. The zero-order chi connectivity index (χ0) is 45.3. The summed E-state index contributed by atoms with van der Waals surface area (Å²) in [6.45, 7) is 44.5. The second-order valence-corrected chi connectivity index (χ2v) is 23.0. The average Bonchev–Trinajstić information content (AvgIpc) is 3.11. The van der Waals surface area contributed by atoms with Gasteiger partial charge in [0.15, 0.2) is 5.82 Å². The van der Waals surface area contributed by atoms with Crippen molar-refractivity contribution in [3.8, 4) is 0 Å². The normalized spacial score (nSPS) is 23.9. The predicted molar refractivity (Wildman–Crippen MR) is 249 cm³/mol. The van der Waals surface area contributed by atoms with E-state index in [2.05, 4.69) is 169 Å². The summed E-state index contributed by atoms with van der Waals surface area (Å²) in [6.07, 6.45) is 10.8. The standard InChI is InChI=1S/C48H93N9O3/c1-21-25-26-54(38-34-46(13,14)57(60-29-24-4)47(15,16)35-38)41-50-39(48(17,18)53(20)37-32-44(9,10)56(59-28-23-3)45(11,12)33-37)49-40(51-41)52(19)36-30-42(5,6)55(58-27-22-2)43(7,8)31-36/h36-38H,21-35H2,1-20H3. The molecule has 12 heteroatoms. The summed E-state index contributed by atoms with van der Waals surface area (Å²) in [6, 6.07) is 0.714. The molecule has 4 rings (SSSR count). The molecule has 3 saturated heterocycles. The Balaban J connectivity index is 1.85. The lowest BCUT2D eigenvalue weighted by Crippen LogP contribution is -2.65. The van der Waals surface area contributed by atoms with Crippen LogP contribution in [0.1, 0.15) is 201 Å². The highest BCUT2D eigenvalue weighted by Crippen LogP contribution is 2.46. The molecule has 348 valence electrons. The molecule has 0 bridgehead atoms. The summed E-state index contributed by atoms with van der Waals surface area (Å²) in [5.74, 6) is 2.37. The number of hydroxylamine groups is 6. The van der Waals surface area contributed by atoms with Crippen molar-refractivity contribution in [3.63, 3.8) is 0 Å². The van der Waals surface area contributed by atoms with Crippen LogP contribution in [0.25, 0.3) is 0 Å². The topological polar surface area (TPSA) is 85.8 Å². The molecule has 0 spiro atoms. The third-order valence-electron chi connectivity index (χ3n) is 13.9. The number of aromatic nitrogens is 3. The van der Waals surface area contributed by atoms with Crippen LogP contribution in [0.4, 0.5) is 11.9 Å². The fraction of sp³-hybridized carbons (Fsp3) is 0.938. The van der Waals surface area contributed by atoms with E-state index in [9.17, 15) is 0 Å². The van der Waals surface area contributed by atoms with Crippen LogP contribution in [0, 0.1) is 0 Å². The van der Waals surface area contributed by atoms with Crippen LogP contribution in [0.15, 0.2) is 0 Å². The summed E-state index contributed by atoms with van der Waals surface area (Å²) in [7, 11) is 4.50. The maximum absolute atomic E-state index is 6.50. The van der Waals surface area contributed by atoms with Crippen LogP contribution >= 0.6 is 0 Å². The third kappa shape index (κ3) is 11.2. The van der Waals surface area contributed by atoms with Gasteiger partial charge in [0.25, 0.3) is 0 Å². The van der Waals surface area contributed by atoms with E-state index in [0.29, 0.717) is 0 Å². The van der Waals surface area contributed by atoms with Crippen LogP contribution in [-0.2, 0) is 20.1 Å². The van der Waals surface area contributed by atoms with Gasteiger partial charge in [-0.05, 0) is 168 Å². The Morgan fingerprint density at radius 1 is 0.517 bits per heavy atom. The van der Waals surface area contributed by atoms with Gasteiger partial charge in [-0.1, -0.05) is 34.1 Å². The minimum Gasteiger partial charge on any atom is -0.341 e. The number of rotatable bonds is 19. The second kappa shape index (κ2) is 19.2. The van der Waals surface area contributed by atoms with Crippen molar-refractivity contribution in [3.05, 3.63) is 5.82 Å². The predicted octanol–water partition coefficient (Wildman–Crippen LogP) is 10.2. The first-order valence-electron chi connectivity index (χ1n) is 23.9. The van der Waals surface area contributed by atoms with Gasteiger partial charge in [0.2, 0.25) is 11.9 Å². The van der Waals surface area contributed by atoms with Crippen molar-refractivity contribution in [2.45, 2.75) is 252 Å². The Hall–Kier alpha value is -1.67. The molecule has 0 radical (unpaired) electrons. The highest BCUT2D eigenvalue weighted by atomic mass is 16.7. The van der Waals surface area contributed by atoms with E-state index in [1.165, 1.54) is 0 Å². The van der Waals surface area contributed by atoms with E-state index in [4.69, 9.17) is 29.5 Å². The van der Waals surface area contributed by atoms with Gasteiger partial charge in [-0.25, -0.2) is 0 Å². The number of hydrogen-bond donors (Lipinski definition) is 0. The molecule has 12 nitrogen and oxygen atoms in total. The number of unbranched alkanes of at least 4 members (excludes halogenated alkanes) is 1. The quantitative estimate of drug-likeness (QED) is 0.133. The molecule has 0 aromatic carbocycles. The van der Waals surface area contributed by atoms with Crippen LogP contribution in [0.5, 0.6) is 0 Å². The lowest BCUT2D eigenvalue weighted by molar-refractivity contribution is -0.289. The van der Waals surface area contributed by atoms with E-state index in [1.54, 1.807) is 0 Å². The SMILES string of the molecule is CCCCN(c1nc(N(C)C2CC(C)(C)N(OCCC)C(C)(C)C2)nc(C(C)(C)N(C)C2CC(C)(C)N(OCCC)C(C)(C)C2)n1)C1CC(C)(C)N(OCCC)C(C)(C)C1. The summed E-state index contributed by atoms with van der Waals surface area (Å²) in [5, 5.41) is 6.84. The molecule has 0 saturated carbocycles. The number of nitrogens with zero attached hydrogens (tertiary/aromatic N) is 9. The highest BCUT2D eigenvalue weighted by molar-refractivity contribution is 5.42. The van der Waals surface area contributed by atoms with Crippen LogP contribution in [-0.4, -0.2) is 127 Å². The molecule has 3 fully saturated rings. The maximum atomic E-state index is 6.50. The van der Waals surface area contributed by atoms with E-state index < -0.39 is 5.54 Å². The van der Waals surface area contributed by atoms with E-state index in [0.717, 1.165) is 115 Å². The fourth-order valence-electron chi connectivity index (χ4n) is 11.5. The third-order valence-corrected chi connectivity index (χ3v) is 13.9. The van der Waals surface area contributed by atoms with Gasteiger partial charge in [0.1, 0.15) is 0 Å². The molecule has 0 unspecified atom stereocenters. The Morgan fingerprint density at radius 3 is 1.23 bits per heavy atom. The molecule has 3 aliphatic heterocycles. The van der Waals surface area contributed by atoms with Crippen molar-refractivity contribution in [2.75, 3.05) is 50.3 Å². The van der Waals surface area contributed by atoms with Crippen molar-refractivity contribution < 1.29 is 14.5 Å². The number of hydrogen-bond acceptors (Lipinski definition) is 12. The Labute approximate surface area is 368 Å². The average molecular weight is 844 g/mol. The monoisotopic (exact) mass is 844 g/mol. The van der Waals surface area contributed by atoms with Crippen LogP contribution in [0.3, 0.4) is 0 Å². The van der Waals surface area contributed by atoms with Gasteiger partial charge in [-0.3, -0.25) is 19.4 Å². The second-order valence-electron chi connectivity index (χ2n) is 23.0. The van der Waals surface area contributed by atoms with Gasteiger partial charge >= 0.3 is 0 Å². The van der Waals surface area contributed by atoms with Gasteiger partial charge < -0.3 is 9.80 Å². The molecule has 3 aliphatic rings. The molecule has 0 aliphatic carbocycles. The molecule has 0 N–H and O–H groups in total. The molecule has 0 amide bonds. The first kappa shape index (κ1) is 51.0. The van der Waals surface area contributed by atoms with Crippen molar-refractivity contribution in [2.24, 2.45) is 0 Å². The van der Waals surface area contributed by atoms with E-state index in [-0.39, 0.29) is 51.4 Å². The Morgan fingerprint density at radius 2 is 0.867 bits per heavy atom. The van der Waals surface area contributed by atoms with E-state index >= 15 is 0 Å². The minimum atomic E-state index is -0.501. The van der Waals surface area contributed by atoms with Crippen LogP contribution < -0.4 is 9.80 Å². The lowest BCUT2D eigenvalue weighted by atomic mass is 9.77. The fourth-order valence-corrected chi connectivity index (χ4v) is 11.5. The molecule has 1 aromatic rings. The van der Waals surface area contributed by atoms with Crippen molar-refractivity contribution >= 4 is 11.9 Å². The Bertz CT molecular complexity index is 1470.